The lowest BCUT2D eigenvalue weighted by molar-refractivity contribution is 0.120. The van der Waals surface area contributed by atoms with Crippen LogP contribution in [0.3, 0.4) is 0 Å². The third-order valence-electron chi connectivity index (χ3n) is 3.69. The molecule has 0 spiro atoms. The van der Waals surface area contributed by atoms with Gasteiger partial charge in [0.05, 0.1) is 25.1 Å². The van der Waals surface area contributed by atoms with E-state index in [1.807, 2.05) is 25.1 Å². The molecule has 0 saturated carbocycles. The van der Waals surface area contributed by atoms with E-state index in [9.17, 15) is 0 Å². The Morgan fingerprint density at radius 2 is 2.30 bits per heavy atom. The molecule has 7 nitrogen and oxygen atoms in total. The molecule has 3 rings (SSSR count). The van der Waals surface area contributed by atoms with Crippen LogP contribution >= 0.6 is 0 Å². The van der Waals surface area contributed by atoms with Crippen LogP contribution in [0.25, 0.3) is 0 Å². The van der Waals surface area contributed by atoms with Gasteiger partial charge in [-0.15, -0.1) is 5.10 Å². The van der Waals surface area contributed by atoms with Crippen molar-refractivity contribution in [2.24, 2.45) is 0 Å². The zero-order chi connectivity index (χ0) is 16.1. The number of aryl methyl sites for hydroxylation is 1. The maximum atomic E-state index is 5.57. The summed E-state index contributed by atoms with van der Waals surface area (Å²) < 4.78 is 10.9. The Labute approximate surface area is 135 Å². The number of nitrogens with one attached hydrogen (secondary N) is 2. The standard InChI is InChI=1S/C16H21N5O2/c1-11-5-6-14(22-2)13(8-11)19-15-10-18-21-16(20-15)17-9-12-4-3-7-23-12/h5-6,8,10,12H,3-4,7,9H2,1-2H3,(H2,17,19,20,21). The van der Waals surface area contributed by atoms with Gasteiger partial charge >= 0.3 is 0 Å². The number of anilines is 3. The van der Waals surface area contributed by atoms with E-state index >= 15 is 0 Å². The van der Waals surface area contributed by atoms with Crippen LogP contribution in [0.1, 0.15) is 18.4 Å². The van der Waals surface area contributed by atoms with Gasteiger partial charge in [0, 0.05) is 13.2 Å². The molecule has 1 aliphatic rings. The summed E-state index contributed by atoms with van der Waals surface area (Å²) in [6, 6.07) is 5.92. The van der Waals surface area contributed by atoms with E-state index in [0.717, 1.165) is 36.4 Å². The highest BCUT2D eigenvalue weighted by Gasteiger charge is 2.15. The predicted molar refractivity (Wildman–Crippen MR) is 88.3 cm³/mol. The second-order valence-corrected chi connectivity index (χ2v) is 5.51. The summed E-state index contributed by atoms with van der Waals surface area (Å²) in [5, 5.41) is 14.4. The van der Waals surface area contributed by atoms with Gasteiger partial charge in [0.25, 0.3) is 0 Å². The highest BCUT2D eigenvalue weighted by atomic mass is 16.5. The van der Waals surface area contributed by atoms with Gasteiger partial charge in [0.15, 0.2) is 5.82 Å². The summed E-state index contributed by atoms with van der Waals surface area (Å²) in [6.45, 7) is 3.55. The Kier molecular flexibility index (Phi) is 4.87. The molecule has 0 amide bonds. The molecule has 1 aromatic carbocycles. The first-order chi connectivity index (χ1) is 11.2. The normalized spacial score (nSPS) is 17.0. The van der Waals surface area contributed by atoms with Gasteiger partial charge in [-0.3, -0.25) is 0 Å². The summed E-state index contributed by atoms with van der Waals surface area (Å²) >= 11 is 0. The van der Waals surface area contributed by atoms with E-state index in [1.54, 1.807) is 13.3 Å². The van der Waals surface area contributed by atoms with Crippen LogP contribution in [-0.4, -0.2) is 41.5 Å². The van der Waals surface area contributed by atoms with Gasteiger partial charge in [-0.05, 0) is 37.5 Å². The van der Waals surface area contributed by atoms with E-state index in [1.165, 1.54) is 0 Å². The second kappa shape index (κ2) is 7.23. The van der Waals surface area contributed by atoms with Crippen molar-refractivity contribution in [2.75, 3.05) is 30.9 Å². The Morgan fingerprint density at radius 1 is 1.39 bits per heavy atom. The number of aromatic nitrogens is 3. The average Bonchev–Trinajstić information content (AvgIpc) is 3.07. The maximum absolute atomic E-state index is 5.57. The quantitative estimate of drug-likeness (QED) is 0.847. The zero-order valence-corrected chi connectivity index (χ0v) is 13.4. The number of ether oxygens (including phenoxy) is 2. The van der Waals surface area contributed by atoms with E-state index in [4.69, 9.17) is 9.47 Å². The molecule has 0 bridgehead atoms. The van der Waals surface area contributed by atoms with Gasteiger partial charge in [-0.1, -0.05) is 6.07 Å². The molecule has 2 N–H and O–H groups in total. The number of methoxy groups -OCH3 is 1. The van der Waals surface area contributed by atoms with E-state index < -0.39 is 0 Å². The van der Waals surface area contributed by atoms with Crippen molar-refractivity contribution < 1.29 is 9.47 Å². The van der Waals surface area contributed by atoms with Gasteiger partial charge in [-0.2, -0.15) is 10.1 Å². The first-order valence-electron chi connectivity index (χ1n) is 7.71. The fourth-order valence-electron chi connectivity index (χ4n) is 2.51. The van der Waals surface area contributed by atoms with Gasteiger partial charge in [0.1, 0.15) is 5.75 Å². The average molecular weight is 315 g/mol. The molecule has 1 fully saturated rings. The van der Waals surface area contributed by atoms with Crippen molar-refractivity contribution in [3.63, 3.8) is 0 Å². The minimum atomic E-state index is 0.229. The number of hydrogen-bond donors (Lipinski definition) is 2. The van der Waals surface area contributed by atoms with E-state index in [2.05, 4.69) is 25.8 Å². The van der Waals surface area contributed by atoms with Crippen LogP contribution in [0.15, 0.2) is 24.4 Å². The molecule has 2 aromatic rings. The van der Waals surface area contributed by atoms with Crippen LogP contribution < -0.4 is 15.4 Å². The lowest BCUT2D eigenvalue weighted by Crippen LogP contribution is -2.20. The van der Waals surface area contributed by atoms with Crippen LogP contribution in [0.4, 0.5) is 17.5 Å². The van der Waals surface area contributed by atoms with Crippen LogP contribution in [0.2, 0.25) is 0 Å². The van der Waals surface area contributed by atoms with E-state index in [0.29, 0.717) is 18.3 Å². The summed E-state index contributed by atoms with van der Waals surface area (Å²) in [6.07, 6.45) is 3.99. The Morgan fingerprint density at radius 3 is 3.09 bits per heavy atom. The summed E-state index contributed by atoms with van der Waals surface area (Å²) in [7, 11) is 1.64. The van der Waals surface area contributed by atoms with Crippen LogP contribution in [0.5, 0.6) is 5.75 Å². The summed E-state index contributed by atoms with van der Waals surface area (Å²) in [5.74, 6) is 1.85. The lowest BCUT2D eigenvalue weighted by Gasteiger charge is -2.13. The third kappa shape index (κ3) is 4.07. The molecule has 23 heavy (non-hydrogen) atoms. The van der Waals surface area contributed by atoms with Crippen molar-refractivity contribution in [3.8, 4) is 5.75 Å². The highest BCUT2D eigenvalue weighted by molar-refractivity contribution is 5.65. The molecule has 0 radical (unpaired) electrons. The molecular weight excluding hydrogens is 294 g/mol. The SMILES string of the molecule is COc1ccc(C)cc1Nc1cnnc(NCC2CCCO2)n1. The molecular formula is C16H21N5O2. The molecule has 1 aliphatic heterocycles. The van der Waals surface area contributed by atoms with Crippen LogP contribution in [-0.2, 0) is 4.74 Å². The predicted octanol–water partition coefficient (Wildman–Crippen LogP) is 2.52. The monoisotopic (exact) mass is 315 g/mol. The largest absolute Gasteiger partial charge is 0.495 e. The summed E-state index contributed by atoms with van der Waals surface area (Å²) in [4.78, 5) is 4.43. The minimum absolute atomic E-state index is 0.229. The van der Waals surface area contributed by atoms with Crippen molar-refractivity contribution in [3.05, 3.63) is 30.0 Å². The molecule has 1 unspecified atom stereocenters. The van der Waals surface area contributed by atoms with Gasteiger partial charge < -0.3 is 20.1 Å². The van der Waals surface area contributed by atoms with Crippen molar-refractivity contribution in [1.29, 1.82) is 0 Å². The number of hydrogen-bond acceptors (Lipinski definition) is 7. The fourth-order valence-corrected chi connectivity index (χ4v) is 2.51. The molecule has 122 valence electrons. The molecule has 1 atom stereocenters. The molecule has 2 heterocycles. The molecule has 1 aromatic heterocycles. The van der Waals surface area contributed by atoms with Gasteiger partial charge in [0.2, 0.25) is 5.95 Å². The number of nitrogens with zero attached hydrogens (tertiary/aromatic N) is 3. The first-order valence-corrected chi connectivity index (χ1v) is 7.71. The fraction of sp³-hybridized carbons (Fsp3) is 0.438. The topological polar surface area (TPSA) is 81.2 Å². The second-order valence-electron chi connectivity index (χ2n) is 5.51. The van der Waals surface area contributed by atoms with Crippen molar-refractivity contribution in [1.82, 2.24) is 15.2 Å². The Hall–Kier alpha value is -2.41. The molecule has 0 aliphatic carbocycles. The smallest absolute Gasteiger partial charge is 0.244 e. The zero-order valence-electron chi connectivity index (χ0n) is 13.4. The first kappa shape index (κ1) is 15.5. The highest BCUT2D eigenvalue weighted by Crippen LogP contribution is 2.27. The molecule has 1 saturated heterocycles. The lowest BCUT2D eigenvalue weighted by atomic mass is 10.2. The maximum Gasteiger partial charge on any atom is 0.244 e. The number of benzene rings is 1. The summed E-state index contributed by atoms with van der Waals surface area (Å²) in [5.41, 5.74) is 1.98. The minimum Gasteiger partial charge on any atom is -0.495 e. The van der Waals surface area contributed by atoms with Crippen molar-refractivity contribution in [2.45, 2.75) is 25.9 Å². The molecule has 7 heteroatoms. The van der Waals surface area contributed by atoms with Gasteiger partial charge in [-0.25, -0.2) is 0 Å². The number of rotatable bonds is 6. The third-order valence-corrected chi connectivity index (χ3v) is 3.69. The Balaban J connectivity index is 1.68. The van der Waals surface area contributed by atoms with Crippen molar-refractivity contribution >= 4 is 17.5 Å². The Bertz CT molecular complexity index is 659. The van der Waals surface area contributed by atoms with E-state index in [-0.39, 0.29) is 6.10 Å². The van der Waals surface area contributed by atoms with Crippen LogP contribution in [0, 0.1) is 6.92 Å².